The van der Waals surface area contributed by atoms with Crippen molar-refractivity contribution in [2.75, 3.05) is 20.3 Å². The van der Waals surface area contributed by atoms with Crippen LogP contribution in [0.5, 0.6) is 11.6 Å². The molecular weight excluding hydrogens is 420 g/mol. The molecule has 0 fully saturated rings. The van der Waals surface area contributed by atoms with E-state index in [9.17, 15) is 14.9 Å². The minimum absolute atomic E-state index is 0.0542. The van der Waals surface area contributed by atoms with Crippen molar-refractivity contribution in [1.29, 1.82) is 5.26 Å². The third kappa shape index (κ3) is 4.91. The fourth-order valence-electron chi connectivity index (χ4n) is 2.78. The molecule has 0 saturated carbocycles. The van der Waals surface area contributed by atoms with E-state index in [1.807, 2.05) is 6.07 Å². The fraction of sp³-hybridized carbons (Fsp3) is 0.182. The number of carbonyl (C=O) groups is 1. The summed E-state index contributed by atoms with van der Waals surface area (Å²) in [6.45, 7) is 2.30. The molecule has 2 aromatic heterocycles. The first kappa shape index (κ1) is 22.0. The molecule has 0 atom stereocenters. The van der Waals surface area contributed by atoms with E-state index >= 15 is 0 Å². The maximum atomic E-state index is 13.2. The number of halogens is 1. The Balaban J connectivity index is 2.17. The number of amides is 1. The highest BCUT2D eigenvalue weighted by atomic mass is 35.5. The fourth-order valence-corrected chi connectivity index (χ4v) is 2.95. The zero-order valence-corrected chi connectivity index (χ0v) is 17.6. The molecule has 0 saturated heterocycles. The minimum Gasteiger partial charge on any atom is -0.437 e. The van der Waals surface area contributed by atoms with Gasteiger partial charge >= 0.3 is 0 Å². The Morgan fingerprint density at radius 1 is 1.32 bits per heavy atom. The van der Waals surface area contributed by atoms with E-state index in [2.05, 4.69) is 10.3 Å². The van der Waals surface area contributed by atoms with Gasteiger partial charge in [-0.15, -0.1) is 0 Å². The average Bonchev–Trinajstić information content (AvgIpc) is 2.76. The lowest BCUT2D eigenvalue weighted by Gasteiger charge is -2.12. The van der Waals surface area contributed by atoms with Crippen LogP contribution in [0.25, 0.3) is 11.7 Å². The van der Waals surface area contributed by atoms with Crippen molar-refractivity contribution in [3.63, 3.8) is 0 Å². The van der Waals surface area contributed by atoms with E-state index in [1.165, 1.54) is 17.6 Å². The molecule has 3 rings (SSSR count). The lowest BCUT2D eigenvalue weighted by atomic mass is 10.1. The predicted octanol–water partition coefficient (Wildman–Crippen LogP) is 3.12. The summed E-state index contributed by atoms with van der Waals surface area (Å²) >= 11 is 6.19. The van der Waals surface area contributed by atoms with Crippen LogP contribution in [0.2, 0.25) is 5.02 Å². The Kier molecular flexibility index (Phi) is 7.03. The first-order valence-electron chi connectivity index (χ1n) is 9.29. The summed E-state index contributed by atoms with van der Waals surface area (Å²) < 4.78 is 12.1. The Labute approximate surface area is 183 Å². The molecule has 0 bridgehead atoms. The molecule has 1 N–H and O–H groups in total. The van der Waals surface area contributed by atoms with Crippen LogP contribution in [0.4, 0.5) is 0 Å². The van der Waals surface area contributed by atoms with Gasteiger partial charge in [0.1, 0.15) is 28.6 Å². The Hall–Kier alpha value is -3.67. The number of para-hydroxylation sites is 1. The van der Waals surface area contributed by atoms with Gasteiger partial charge in [0.05, 0.1) is 11.6 Å². The molecule has 9 heteroatoms. The molecule has 0 unspecified atom stereocenters. The zero-order valence-electron chi connectivity index (χ0n) is 16.9. The van der Waals surface area contributed by atoms with Crippen molar-refractivity contribution in [2.24, 2.45) is 0 Å². The number of nitrogens with zero attached hydrogens (tertiary/aromatic N) is 3. The molecular formula is C22H19ClN4O4. The molecule has 2 heterocycles. The largest absolute Gasteiger partial charge is 0.437 e. The number of hydrogen-bond donors (Lipinski definition) is 1. The van der Waals surface area contributed by atoms with Gasteiger partial charge in [0, 0.05) is 19.9 Å². The van der Waals surface area contributed by atoms with Gasteiger partial charge in [-0.2, -0.15) is 10.2 Å². The summed E-state index contributed by atoms with van der Waals surface area (Å²) in [6.07, 6.45) is 2.72. The first-order chi connectivity index (χ1) is 15.0. The minimum atomic E-state index is -0.642. The molecule has 31 heavy (non-hydrogen) atoms. The van der Waals surface area contributed by atoms with E-state index in [0.29, 0.717) is 10.7 Å². The second-order valence-corrected chi connectivity index (χ2v) is 6.88. The van der Waals surface area contributed by atoms with Gasteiger partial charge < -0.3 is 14.8 Å². The zero-order chi connectivity index (χ0) is 22.4. The topological polar surface area (TPSA) is 106 Å². The molecule has 0 radical (unpaired) electrons. The van der Waals surface area contributed by atoms with Crippen LogP contribution >= 0.6 is 11.6 Å². The van der Waals surface area contributed by atoms with Gasteiger partial charge in [-0.25, -0.2) is 0 Å². The van der Waals surface area contributed by atoms with Crippen LogP contribution in [-0.4, -0.2) is 35.6 Å². The Morgan fingerprint density at radius 3 is 2.81 bits per heavy atom. The maximum absolute atomic E-state index is 13.2. The van der Waals surface area contributed by atoms with E-state index in [1.54, 1.807) is 49.5 Å². The molecule has 1 amide bonds. The molecule has 0 spiro atoms. The Bertz CT molecular complexity index is 1260. The van der Waals surface area contributed by atoms with E-state index in [-0.39, 0.29) is 35.9 Å². The van der Waals surface area contributed by atoms with Gasteiger partial charge in [0.2, 0.25) is 5.88 Å². The smallest absolute Gasteiger partial charge is 0.269 e. The monoisotopic (exact) mass is 438 g/mol. The van der Waals surface area contributed by atoms with Crippen molar-refractivity contribution >= 4 is 29.2 Å². The van der Waals surface area contributed by atoms with E-state index < -0.39 is 11.5 Å². The van der Waals surface area contributed by atoms with Gasteiger partial charge in [0.25, 0.3) is 11.5 Å². The quantitative estimate of drug-likeness (QED) is 0.345. The Morgan fingerprint density at radius 2 is 2.10 bits per heavy atom. The molecule has 0 aliphatic heterocycles. The van der Waals surface area contributed by atoms with Crippen molar-refractivity contribution in [2.45, 2.75) is 6.92 Å². The van der Waals surface area contributed by atoms with E-state index in [0.717, 1.165) is 5.56 Å². The summed E-state index contributed by atoms with van der Waals surface area (Å²) in [5, 5.41) is 12.4. The highest BCUT2D eigenvalue weighted by Gasteiger charge is 2.18. The lowest BCUT2D eigenvalue weighted by Crippen LogP contribution is -2.28. The first-order valence-corrected chi connectivity index (χ1v) is 9.67. The number of carbonyl (C=O) groups excluding carboxylic acids is 1. The van der Waals surface area contributed by atoms with Gasteiger partial charge in [-0.3, -0.25) is 14.0 Å². The number of ether oxygens (including phenoxy) is 2. The summed E-state index contributed by atoms with van der Waals surface area (Å²) in [4.78, 5) is 30.0. The van der Waals surface area contributed by atoms with Crippen LogP contribution in [0.15, 0.2) is 53.0 Å². The third-order valence-corrected chi connectivity index (χ3v) is 4.65. The highest BCUT2D eigenvalue weighted by Crippen LogP contribution is 2.30. The van der Waals surface area contributed by atoms with Crippen molar-refractivity contribution in [3.05, 3.63) is 74.7 Å². The number of methoxy groups -OCH3 is 1. The summed E-state index contributed by atoms with van der Waals surface area (Å²) in [7, 11) is 1.50. The van der Waals surface area contributed by atoms with Gasteiger partial charge in [0.15, 0.2) is 0 Å². The van der Waals surface area contributed by atoms with Crippen molar-refractivity contribution in [1.82, 2.24) is 14.7 Å². The normalized spacial score (nSPS) is 11.2. The SMILES string of the molecule is COCCNC(=O)/C(C#N)=C/c1c(Oc2ccccc2Cl)nc2c(C)cccn2c1=O. The number of pyridine rings is 1. The number of hydrogen-bond acceptors (Lipinski definition) is 6. The van der Waals surface area contributed by atoms with Crippen LogP contribution in [-0.2, 0) is 9.53 Å². The predicted molar refractivity (Wildman–Crippen MR) is 116 cm³/mol. The summed E-state index contributed by atoms with van der Waals surface area (Å²) in [6, 6.07) is 12.0. The molecule has 1 aromatic carbocycles. The molecule has 0 aliphatic rings. The number of fused-ring (bicyclic) bond motifs is 1. The van der Waals surface area contributed by atoms with Gasteiger partial charge in [-0.1, -0.05) is 29.8 Å². The number of nitriles is 1. The number of benzene rings is 1. The summed E-state index contributed by atoms with van der Waals surface area (Å²) in [5.41, 5.74) is 0.313. The molecule has 158 valence electrons. The second kappa shape index (κ2) is 9.89. The molecule has 8 nitrogen and oxygen atoms in total. The number of aryl methyl sites for hydroxylation is 1. The van der Waals surface area contributed by atoms with Crippen LogP contribution in [0.1, 0.15) is 11.1 Å². The lowest BCUT2D eigenvalue weighted by molar-refractivity contribution is -0.117. The van der Waals surface area contributed by atoms with Crippen LogP contribution < -0.4 is 15.6 Å². The molecule has 0 aliphatic carbocycles. The van der Waals surface area contributed by atoms with Gasteiger partial charge in [-0.05, 0) is 36.8 Å². The number of rotatable bonds is 7. The summed E-state index contributed by atoms with van der Waals surface area (Å²) in [5.74, 6) is -0.423. The number of nitrogens with one attached hydrogen (secondary N) is 1. The third-order valence-electron chi connectivity index (χ3n) is 4.34. The molecule has 3 aromatic rings. The standard InChI is InChI=1S/C22H19ClN4O4/c1-14-6-5-10-27-19(14)26-21(31-18-8-4-3-7-17(18)23)16(22(27)29)12-15(13-24)20(28)25-9-11-30-2/h3-8,10,12H,9,11H2,1-2H3,(H,25,28)/b15-12+. The van der Waals surface area contributed by atoms with Crippen LogP contribution in [0, 0.1) is 18.3 Å². The van der Waals surface area contributed by atoms with Crippen molar-refractivity contribution < 1.29 is 14.3 Å². The second-order valence-electron chi connectivity index (χ2n) is 6.47. The average molecular weight is 439 g/mol. The maximum Gasteiger partial charge on any atom is 0.269 e. The van der Waals surface area contributed by atoms with Crippen molar-refractivity contribution in [3.8, 4) is 17.7 Å². The number of aromatic nitrogens is 2. The van der Waals surface area contributed by atoms with E-state index in [4.69, 9.17) is 21.1 Å². The van der Waals surface area contributed by atoms with Crippen LogP contribution in [0.3, 0.4) is 0 Å². The highest BCUT2D eigenvalue weighted by molar-refractivity contribution is 6.32.